The highest BCUT2D eigenvalue weighted by Gasteiger charge is 2.11. The molecule has 6 heteroatoms. The van der Waals surface area contributed by atoms with E-state index in [9.17, 15) is 4.79 Å². The predicted molar refractivity (Wildman–Crippen MR) is 77.6 cm³/mol. The maximum Gasteiger partial charge on any atom is 0.255 e. The van der Waals surface area contributed by atoms with Crippen molar-refractivity contribution in [3.63, 3.8) is 0 Å². The van der Waals surface area contributed by atoms with Crippen molar-refractivity contribution in [3.8, 4) is 0 Å². The first-order valence-electron chi connectivity index (χ1n) is 6.66. The van der Waals surface area contributed by atoms with Gasteiger partial charge in [-0.3, -0.25) is 9.48 Å². The molecule has 0 aliphatic rings. The zero-order valence-electron chi connectivity index (χ0n) is 11.8. The van der Waals surface area contributed by atoms with Crippen LogP contribution in [0.3, 0.4) is 0 Å². The molecule has 0 fully saturated rings. The molecule has 2 aromatic heterocycles. The molecule has 0 atom stereocenters. The predicted octanol–water partition coefficient (Wildman–Crippen LogP) is 1.22. The Morgan fingerprint density at radius 3 is 2.95 bits per heavy atom. The van der Waals surface area contributed by atoms with Gasteiger partial charge in [-0.05, 0) is 25.1 Å². The van der Waals surface area contributed by atoms with E-state index in [4.69, 9.17) is 0 Å². The van der Waals surface area contributed by atoms with Crippen LogP contribution < -0.4 is 10.6 Å². The largest absolute Gasteiger partial charge is 0.370 e. The minimum absolute atomic E-state index is 0.120. The van der Waals surface area contributed by atoms with Crippen molar-refractivity contribution >= 4 is 11.7 Å². The van der Waals surface area contributed by atoms with Gasteiger partial charge in [0.1, 0.15) is 5.82 Å². The molecule has 0 spiro atoms. The van der Waals surface area contributed by atoms with Crippen molar-refractivity contribution < 1.29 is 4.79 Å². The number of anilines is 1. The van der Waals surface area contributed by atoms with Gasteiger partial charge in [0.2, 0.25) is 0 Å². The number of hydrogen-bond donors (Lipinski definition) is 2. The standard InChI is InChI=1S/C14H19N5O/c1-3-15-13-12(5-4-8-16-13)14(20)17-9-6-11-7-10-19(2)18-11/h4-5,7-8,10H,3,6,9H2,1-2H3,(H,15,16)(H,17,20). The van der Waals surface area contributed by atoms with Gasteiger partial charge >= 0.3 is 0 Å². The number of nitrogens with one attached hydrogen (secondary N) is 2. The molecular weight excluding hydrogens is 254 g/mol. The molecule has 1 amide bonds. The number of aromatic nitrogens is 3. The normalized spacial score (nSPS) is 10.3. The lowest BCUT2D eigenvalue weighted by molar-refractivity contribution is 0.0954. The molecule has 2 rings (SSSR count). The summed E-state index contributed by atoms with van der Waals surface area (Å²) in [7, 11) is 1.88. The molecule has 106 valence electrons. The van der Waals surface area contributed by atoms with Crippen molar-refractivity contribution in [2.45, 2.75) is 13.3 Å². The highest BCUT2D eigenvalue weighted by atomic mass is 16.1. The van der Waals surface area contributed by atoms with Gasteiger partial charge in [-0.15, -0.1) is 0 Å². The minimum Gasteiger partial charge on any atom is -0.370 e. The van der Waals surface area contributed by atoms with Crippen LogP contribution in [0.15, 0.2) is 30.6 Å². The molecule has 0 unspecified atom stereocenters. The first kappa shape index (κ1) is 14.0. The molecule has 0 aliphatic carbocycles. The van der Waals surface area contributed by atoms with Crippen LogP contribution in [0.1, 0.15) is 23.0 Å². The Morgan fingerprint density at radius 1 is 1.40 bits per heavy atom. The number of pyridine rings is 1. The third-order valence-corrected chi connectivity index (χ3v) is 2.83. The summed E-state index contributed by atoms with van der Waals surface area (Å²) in [6.45, 7) is 3.25. The first-order valence-corrected chi connectivity index (χ1v) is 6.66. The number of aryl methyl sites for hydroxylation is 1. The van der Waals surface area contributed by atoms with E-state index in [1.54, 1.807) is 23.0 Å². The van der Waals surface area contributed by atoms with Gasteiger partial charge in [0, 0.05) is 39.0 Å². The second kappa shape index (κ2) is 6.70. The fourth-order valence-electron chi connectivity index (χ4n) is 1.89. The topological polar surface area (TPSA) is 71.8 Å². The third kappa shape index (κ3) is 3.57. The highest BCUT2D eigenvalue weighted by Crippen LogP contribution is 2.10. The number of rotatable bonds is 6. The monoisotopic (exact) mass is 273 g/mol. The molecule has 2 aromatic rings. The second-order valence-corrected chi connectivity index (χ2v) is 4.42. The first-order chi connectivity index (χ1) is 9.70. The van der Waals surface area contributed by atoms with Crippen molar-refractivity contribution in [2.75, 3.05) is 18.4 Å². The van der Waals surface area contributed by atoms with E-state index in [-0.39, 0.29) is 5.91 Å². The maximum atomic E-state index is 12.1. The molecule has 0 radical (unpaired) electrons. The summed E-state index contributed by atoms with van der Waals surface area (Å²) in [5.41, 5.74) is 1.53. The smallest absolute Gasteiger partial charge is 0.255 e. The Hall–Kier alpha value is -2.37. The Labute approximate surface area is 118 Å². The lowest BCUT2D eigenvalue weighted by atomic mass is 10.2. The molecule has 20 heavy (non-hydrogen) atoms. The lowest BCUT2D eigenvalue weighted by Crippen LogP contribution is -2.27. The van der Waals surface area contributed by atoms with E-state index < -0.39 is 0 Å². The van der Waals surface area contributed by atoms with Gasteiger partial charge in [0.05, 0.1) is 11.3 Å². The van der Waals surface area contributed by atoms with Crippen LogP contribution in [0.4, 0.5) is 5.82 Å². The summed E-state index contributed by atoms with van der Waals surface area (Å²) in [6, 6.07) is 5.47. The van der Waals surface area contributed by atoms with E-state index >= 15 is 0 Å². The molecule has 2 N–H and O–H groups in total. The Balaban J connectivity index is 1.91. The summed E-state index contributed by atoms with van der Waals surface area (Å²) in [6.07, 6.45) is 4.27. The van der Waals surface area contributed by atoms with Crippen molar-refractivity contribution in [1.82, 2.24) is 20.1 Å². The molecule has 2 heterocycles. The summed E-state index contributed by atoms with van der Waals surface area (Å²) in [4.78, 5) is 16.3. The lowest BCUT2D eigenvalue weighted by Gasteiger charge is -2.09. The fraction of sp³-hybridized carbons (Fsp3) is 0.357. The Morgan fingerprint density at radius 2 is 2.25 bits per heavy atom. The number of carbonyl (C=O) groups is 1. The molecule has 0 aromatic carbocycles. The second-order valence-electron chi connectivity index (χ2n) is 4.42. The molecular formula is C14H19N5O. The highest BCUT2D eigenvalue weighted by molar-refractivity contribution is 5.98. The molecule has 0 aliphatic heterocycles. The number of nitrogens with zero attached hydrogens (tertiary/aromatic N) is 3. The van der Waals surface area contributed by atoms with Crippen molar-refractivity contribution in [1.29, 1.82) is 0 Å². The van der Waals surface area contributed by atoms with Gasteiger partial charge in [-0.25, -0.2) is 4.98 Å². The zero-order chi connectivity index (χ0) is 14.4. The molecule has 6 nitrogen and oxygen atoms in total. The summed E-state index contributed by atoms with van der Waals surface area (Å²) < 4.78 is 1.75. The van der Waals surface area contributed by atoms with Crippen molar-refractivity contribution in [2.24, 2.45) is 7.05 Å². The average molecular weight is 273 g/mol. The van der Waals surface area contributed by atoms with Gasteiger partial charge < -0.3 is 10.6 Å². The third-order valence-electron chi connectivity index (χ3n) is 2.83. The SMILES string of the molecule is CCNc1ncccc1C(=O)NCCc1ccn(C)n1. The summed E-state index contributed by atoms with van der Waals surface area (Å²) >= 11 is 0. The maximum absolute atomic E-state index is 12.1. The van der Waals surface area contributed by atoms with Crippen LogP contribution in [-0.2, 0) is 13.5 Å². The Bertz CT molecular complexity index is 578. The van der Waals surface area contributed by atoms with E-state index in [0.717, 1.165) is 12.2 Å². The average Bonchev–Trinajstić information content (AvgIpc) is 2.85. The number of carbonyl (C=O) groups excluding carboxylic acids is 1. The minimum atomic E-state index is -0.120. The van der Waals surface area contributed by atoms with E-state index in [2.05, 4.69) is 20.7 Å². The Kier molecular flexibility index (Phi) is 4.70. The summed E-state index contributed by atoms with van der Waals surface area (Å²) in [5, 5.41) is 10.2. The van der Waals surface area contributed by atoms with Crippen LogP contribution in [0.2, 0.25) is 0 Å². The molecule has 0 saturated carbocycles. The van der Waals surface area contributed by atoms with Crippen molar-refractivity contribution in [3.05, 3.63) is 41.9 Å². The van der Waals surface area contributed by atoms with Crippen LogP contribution in [-0.4, -0.2) is 33.8 Å². The zero-order valence-corrected chi connectivity index (χ0v) is 11.8. The van der Waals surface area contributed by atoms with Gasteiger partial charge in [-0.2, -0.15) is 5.10 Å². The van der Waals surface area contributed by atoms with Crippen LogP contribution in [0.5, 0.6) is 0 Å². The van der Waals surface area contributed by atoms with Crippen LogP contribution in [0.25, 0.3) is 0 Å². The van der Waals surface area contributed by atoms with E-state index in [1.807, 2.05) is 26.2 Å². The molecule has 0 bridgehead atoms. The van der Waals surface area contributed by atoms with Gasteiger partial charge in [0.15, 0.2) is 0 Å². The summed E-state index contributed by atoms with van der Waals surface area (Å²) in [5.74, 6) is 0.496. The van der Waals surface area contributed by atoms with Gasteiger partial charge in [-0.1, -0.05) is 0 Å². The van der Waals surface area contributed by atoms with Gasteiger partial charge in [0.25, 0.3) is 5.91 Å². The van der Waals surface area contributed by atoms with E-state index in [1.165, 1.54) is 0 Å². The molecule has 0 saturated heterocycles. The van der Waals surface area contributed by atoms with Crippen LogP contribution in [0, 0.1) is 0 Å². The van der Waals surface area contributed by atoms with E-state index in [0.29, 0.717) is 24.3 Å². The number of hydrogen-bond acceptors (Lipinski definition) is 4. The number of amides is 1. The fourth-order valence-corrected chi connectivity index (χ4v) is 1.89. The quantitative estimate of drug-likeness (QED) is 0.830. The van der Waals surface area contributed by atoms with Crippen LogP contribution >= 0.6 is 0 Å².